The van der Waals surface area contributed by atoms with Gasteiger partial charge in [-0.2, -0.15) is 5.26 Å². The molecule has 2 aliphatic heterocycles. The lowest BCUT2D eigenvalue weighted by Crippen LogP contribution is -2.41. The first-order valence-electron chi connectivity index (χ1n) is 6.11. The lowest BCUT2D eigenvalue weighted by Gasteiger charge is -2.29. The van der Waals surface area contributed by atoms with Gasteiger partial charge in [-0.15, -0.1) is 0 Å². The number of nitriles is 1. The Labute approximate surface area is 102 Å². The molecule has 0 aromatic carbocycles. The maximum Gasteiger partial charge on any atom is 0.216 e. The molecule has 0 bridgehead atoms. The van der Waals surface area contributed by atoms with E-state index in [0.717, 1.165) is 12.8 Å². The highest BCUT2D eigenvalue weighted by molar-refractivity contribution is 7.89. The SMILES string of the molecule is N#CC1CCN(S(=O)(=O)CC2CCCO2)CC1. The standard InChI is InChI=1S/C11H18N2O3S/c12-8-10-3-5-13(6-4-10)17(14,15)9-11-2-1-7-16-11/h10-11H,1-7,9H2. The molecule has 0 spiro atoms. The van der Waals surface area contributed by atoms with Crippen LogP contribution in [0, 0.1) is 17.2 Å². The lowest BCUT2D eigenvalue weighted by atomic mass is 10.0. The number of hydrogen-bond acceptors (Lipinski definition) is 4. The fourth-order valence-electron chi connectivity index (χ4n) is 2.38. The minimum atomic E-state index is -3.20. The summed E-state index contributed by atoms with van der Waals surface area (Å²) in [5, 5.41) is 8.77. The summed E-state index contributed by atoms with van der Waals surface area (Å²) in [6, 6.07) is 2.20. The molecular formula is C11H18N2O3S. The zero-order chi connectivity index (χ0) is 12.3. The van der Waals surface area contributed by atoms with Crippen molar-refractivity contribution in [1.29, 1.82) is 5.26 Å². The first kappa shape index (κ1) is 12.8. The van der Waals surface area contributed by atoms with Crippen LogP contribution < -0.4 is 0 Å². The quantitative estimate of drug-likeness (QED) is 0.748. The van der Waals surface area contributed by atoms with Crippen LogP contribution in [0.5, 0.6) is 0 Å². The maximum atomic E-state index is 12.1. The lowest BCUT2D eigenvalue weighted by molar-refractivity contribution is 0.126. The normalized spacial score (nSPS) is 28.1. The Morgan fingerprint density at radius 2 is 2.00 bits per heavy atom. The molecule has 1 atom stereocenters. The van der Waals surface area contributed by atoms with Crippen LogP contribution in [-0.2, 0) is 14.8 Å². The molecule has 17 heavy (non-hydrogen) atoms. The molecule has 1 unspecified atom stereocenters. The van der Waals surface area contributed by atoms with Gasteiger partial charge in [-0.25, -0.2) is 12.7 Å². The first-order valence-corrected chi connectivity index (χ1v) is 7.72. The van der Waals surface area contributed by atoms with Crippen LogP contribution in [0.4, 0.5) is 0 Å². The Bertz CT molecular complexity index is 387. The molecule has 0 amide bonds. The maximum absolute atomic E-state index is 12.1. The predicted molar refractivity (Wildman–Crippen MR) is 62.7 cm³/mol. The molecule has 0 N–H and O–H groups in total. The summed E-state index contributed by atoms with van der Waals surface area (Å²) >= 11 is 0. The second-order valence-electron chi connectivity index (χ2n) is 4.72. The molecule has 0 saturated carbocycles. The third kappa shape index (κ3) is 3.18. The molecule has 2 aliphatic rings. The monoisotopic (exact) mass is 258 g/mol. The first-order chi connectivity index (χ1) is 8.12. The van der Waals surface area contributed by atoms with E-state index in [1.165, 1.54) is 4.31 Å². The molecule has 96 valence electrons. The summed E-state index contributed by atoms with van der Waals surface area (Å²) in [4.78, 5) is 0. The van der Waals surface area contributed by atoms with E-state index in [1.807, 2.05) is 0 Å². The van der Waals surface area contributed by atoms with Crippen LogP contribution in [-0.4, -0.2) is 44.3 Å². The Morgan fingerprint density at radius 1 is 1.29 bits per heavy atom. The highest BCUT2D eigenvalue weighted by atomic mass is 32.2. The summed E-state index contributed by atoms with van der Waals surface area (Å²) < 4.78 is 31.1. The molecule has 2 heterocycles. The number of piperidine rings is 1. The van der Waals surface area contributed by atoms with Crippen LogP contribution >= 0.6 is 0 Å². The summed E-state index contributed by atoms with van der Waals surface area (Å²) in [5.74, 6) is 0.119. The predicted octanol–water partition coefficient (Wildman–Crippen LogP) is 0.731. The van der Waals surface area contributed by atoms with E-state index in [0.29, 0.717) is 32.5 Å². The number of ether oxygens (including phenoxy) is 1. The molecule has 5 nitrogen and oxygen atoms in total. The van der Waals surface area contributed by atoms with E-state index >= 15 is 0 Å². The van der Waals surface area contributed by atoms with Gasteiger partial charge in [-0.1, -0.05) is 0 Å². The van der Waals surface area contributed by atoms with Crippen molar-refractivity contribution in [1.82, 2.24) is 4.31 Å². The molecule has 2 rings (SSSR count). The number of hydrogen-bond donors (Lipinski definition) is 0. The van der Waals surface area contributed by atoms with E-state index in [-0.39, 0.29) is 17.8 Å². The van der Waals surface area contributed by atoms with Crippen LogP contribution in [0.1, 0.15) is 25.7 Å². The van der Waals surface area contributed by atoms with Gasteiger partial charge >= 0.3 is 0 Å². The van der Waals surface area contributed by atoms with E-state index in [1.54, 1.807) is 0 Å². The van der Waals surface area contributed by atoms with E-state index < -0.39 is 10.0 Å². The number of rotatable bonds is 3. The molecule has 0 radical (unpaired) electrons. The van der Waals surface area contributed by atoms with Gasteiger partial charge in [0.15, 0.2) is 0 Å². The molecule has 0 aliphatic carbocycles. The molecule has 6 heteroatoms. The van der Waals surface area contributed by atoms with Crippen molar-refractivity contribution < 1.29 is 13.2 Å². The Morgan fingerprint density at radius 3 is 2.53 bits per heavy atom. The van der Waals surface area contributed by atoms with Crippen molar-refractivity contribution in [3.63, 3.8) is 0 Å². The zero-order valence-electron chi connectivity index (χ0n) is 9.84. The average Bonchev–Trinajstić information content (AvgIpc) is 2.81. The fraction of sp³-hybridized carbons (Fsp3) is 0.909. The van der Waals surface area contributed by atoms with Crippen molar-refractivity contribution in [2.24, 2.45) is 5.92 Å². The third-order valence-electron chi connectivity index (χ3n) is 3.45. The van der Waals surface area contributed by atoms with Crippen LogP contribution in [0.2, 0.25) is 0 Å². The summed E-state index contributed by atoms with van der Waals surface area (Å²) in [6.07, 6.45) is 2.97. The smallest absolute Gasteiger partial charge is 0.216 e. The fourth-order valence-corrected chi connectivity index (χ4v) is 4.09. The highest BCUT2D eigenvalue weighted by Gasteiger charge is 2.31. The van der Waals surface area contributed by atoms with Gasteiger partial charge in [0.1, 0.15) is 0 Å². The number of nitrogens with zero attached hydrogens (tertiary/aromatic N) is 2. The van der Waals surface area contributed by atoms with E-state index in [9.17, 15) is 8.42 Å². The minimum Gasteiger partial charge on any atom is -0.377 e. The zero-order valence-corrected chi connectivity index (χ0v) is 10.7. The summed E-state index contributed by atoms with van der Waals surface area (Å²) in [7, 11) is -3.20. The Kier molecular flexibility index (Phi) is 4.02. The molecule has 2 fully saturated rings. The van der Waals surface area contributed by atoms with Gasteiger partial charge < -0.3 is 4.74 Å². The van der Waals surface area contributed by atoms with Crippen molar-refractivity contribution in [3.05, 3.63) is 0 Å². The second kappa shape index (κ2) is 5.34. The van der Waals surface area contributed by atoms with Crippen molar-refractivity contribution in [2.75, 3.05) is 25.4 Å². The van der Waals surface area contributed by atoms with Crippen molar-refractivity contribution >= 4 is 10.0 Å². The van der Waals surface area contributed by atoms with E-state index in [4.69, 9.17) is 10.00 Å². The Hall–Kier alpha value is -0.640. The van der Waals surface area contributed by atoms with Crippen molar-refractivity contribution in [3.8, 4) is 6.07 Å². The summed E-state index contributed by atoms with van der Waals surface area (Å²) in [6.45, 7) is 1.64. The molecular weight excluding hydrogens is 240 g/mol. The van der Waals surface area contributed by atoms with Crippen LogP contribution in [0.25, 0.3) is 0 Å². The van der Waals surface area contributed by atoms with E-state index in [2.05, 4.69) is 6.07 Å². The largest absolute Gasteiger partial charge is 0.377 e. The highest BCUT2D eigenvalue weighted by Crippen LogP contribution is 2.21. The van der Waals surface area contributed by atoms with Crippen molar-refractivity contribution in [2.45, 2.75) is 31.8 Å². The van der Waals surface area contributed by atoms with Gasteiger partial charge in [0, 0.05) is 25.6 Å². The molecule has 2 saturated heterocycles. The topological polar surface area (TPSA) is 70.4 Å². The van der Waals surface area contributed by atoms with Crippen LogP contribution in [0.3, 0.4) is 0 Å². The van der Waals surface area contributed by atoms with Crippen LogP contribution in [0.15, 0.2) is 0 Å². The summed E-state index contributed by atoms with van der Waals surface area (Å²) in [5.41, 5.74) is 0. The van der Waals surface area contributed by atoms with Gasteiger partial charge in [0.25, 0.3) is 0 Å². The average molecular weight is 258 g/mol. The third-order valence-corrected chi connectivity index (χ3v) is 5.40. The van der Waals surface area contributed by atoms with Gasteiger partial charge in [-0.3, -0.25) is 0 Å². The molecule has 0 aromatic rings. The number of sulfonamides is 1. The van der Waals surface area contributed by atoms with Gasteiger partial charge in [0.05, 0.1) is 17.9 Å². The minimum absolute atomic E-state index is 0.0178. The van der Waals surface area contributed by atoms with Gasteiger partial charge in [-0.05, 0) is 25.7 Å². The Balaban J connectivity index is 1.90. The van der Waals surface area contributed by atoms with Gasteiger partial charge in [0.2, 0.25) is 10.0 Å². The second-order valence-corrected chi connectivity index (χ2v) is 6.73. The molecule has 0 aromatic heterocycles.